The number of carbonyl (C=O) groups is 1. The van der Waals surface area contributed by atoms with Gasteiger partial charge in [-0.05, 0) is 31.0 Å². The number of aliphatic hydroxyl groups is 1. The summed E-state index contributed by atoms with van der Waals surface area (Å²) >= 11 is 0. The molecule has 1 fully saturated rings. The first-order valence-corrected chi connectivity index (χ1v) is 5.64. The van der Waals surface area contributed by atoms with Crippen molar-refractivity contribution < 1.29 is 15.0 Å². The maximum atomic E-state index is 12.1. The van der Waals surface area contributed by atoms with E-state index in [-0.39, 0.29) is 23.4 Å². The van der Waals surface area contributed by atoms with Crippen molar-refractivity contribution in [3.8, 4) is 5.75 Å². The van der Waals surface area contributed by atoms with E-state index >= 15 is 0 Å². The van der Waals surface area contributed by atoms with Gasteiger partial charge in [0, 0.05) is 18.7 Å². The molecule has 5 nitrogen and oxygen atoms in total. The van der Waals surface area contributed by atoms with Gasteiger partial charge in [0.1, 0.15) is 5.75 Å². The summed E-state index contributed by atoms with van der Waals surface area (Å²) in [6, 6.07) is 4.49. The van der Waals surface area contributed by atoms with Crippen LogP contribution in [0, 0.1) is 0 Å². The Hall–Kier alpha value is -1.75. The van der Waals surface area contributed by atoms with E-state index in [1.165, 1.54) is 12.1 Å². The van der Waals surface area contributed by atoms with E-state index < -0.39 is 0 Å². The minimum atomic E-state index is -0.307. The van der Waals surface area contributed by atoms with Crippen LogP contribution in [0.2, 0.25) is 0 Å². The molecule has 1 aliphatic heterocycles. The predicted molar refractivity (Wildman–Crippen MR) is 63.7 cm³/mol. The van der Waals surface area contributed by atoms with Gasteiger partial charge in [-0.2, -0.15) is 0 Å². The summed E-state index contributed by atoms with van der Waals surface area (Å²) in [5.41, 5.74) is 6.16. The lowest BCUT2D eigenvalue weighted by Crippen LogP contribution is -2.40. The molecule has 0 spiro atoms. The summed E-state index contributed by atoms with van der Waals surface area (Å²) in [7, 11) is 0. The maximum absolute atomic E-state index is 12.1. The van der Waals surface area contributed by atoms with Crippen LogP contribution in [0.1, 0.15) is 23.2 Å². The fourth-order valence-electron chi connectivity index (χ4n) is 1.93. The number of amides is 1. The topological polar surface area (TPSA) is 86.8 Å². The molecule has 1 aliphatic rings. The fraction of sp³-hybridized carbons (Fsp3) is 0.417. The van der Waals surface area contributed by atoms with Crippen LogP contribution in [0.15, 0.2) is 18.2 Å². The molecule has 0 bridgehead atoms. The molecule has 1 aromatic rings. The van der Waals surface area contributed by atoms with E-state index in [9.17, 15) is 15.0 Å². The highest BCUT2D eigenvalue weighted by atomic mass is 16.3. The Balaban J connectivity index is 2.11. The number of aliphatic hydroxyl groups excluding tert-OH is 1. The summed E-state index contributed by atoms with van der Waals surface area (Å²) in [6.45, 7) is 1.09. The summed E-state index contributed by atoms with van der Waals surface area (Å²) in [5, 5.41) is 18.8. The molecule has 0 saturated carbocycles. The molecule has 1 aromatic carbocycles. The second kappa shape index (κ2) is 4.63. The quantitative estimate of drug-likeness (QED) is 0.491. The third kappa shape index (κ3) is 2.50. The van der Waals surface area contributed by atoms with Gasteiger partial charge < -0.3 is 20.8 Å². The highest BCUT2D eigenvalue weighted by Crippen LogP contribution is 2.22. The number of piperidine rings is 1. The molecule has 0 radical (unpaired) electrons. The summed E-state index contributed by atoms with van der Waals surface area (Å²) in [6.07, 6.45) is 0.901. The Morgan fingerprint density at radius 1 is 1.35 bits per heavy atom. The molecular weight excluding hydrogens is 220 g/mol. The molecule has 17 heavy (non-hydrogen) atoms. The Morgan fingerprint density at radius 2 is 2.00 bits per heavy atom. The minimum Gasteiger partial charge on any atom is -0.506 e. The molecule has 2 rings (SSSR count). The number of phenols is 1. The monoisotopic (exact) mass is 236 g/mol. The van der Waals surface area contributed by atoms with E-state index in [0.29, 0.717) is 31.5 Å². The average Bonchev–Trinajstić information content (AvgIpc) is 2.33. The fourth-order valence-corrected chi connectivity index (χ4v) is 1.93. The molecule has 4 N–H and O–H groups in total. The van der Waals surface area contributed by atoms with Crippen LogP contribution in [-0.2, 0) is 0 Å². The number of nitrogens with two attached hydrogens (primary N) is 1. The first-order valence-electron chi connectivity index (χ1n) is 5.64. The summed E-state index contributed by atoms with van der Waals surface area (Å²) < 4.78 is 0. The van der Waals surface area contributed by atoms with Crippen LogP contribution in [0.3, 0.4) is 0 Å². The van der Waals surface area contributed by atoms with Crippen LogP contribution in [-0.4, -0.2) is 40.2 Å². The van der Waals surface area contributed by atoms with Crippen LogP contribution >= 0.6 is 0 Å². The van der Waals surface area contributed by atoms with Gasteiger partial charge in [0.25, 0.3) is 5.91 Å². The van der Waals surface area contributed by atoms with Crippen LogP contribution in [0.4, 0.5) is 5.69 Å². The predicted octanol–water partition coefficient (Wildman–Crippen LogP) is 0.571. The third-order valence-electron chi connectivity index (χ3n) is 3.03. The van der Waals surface area contributed by atoms with Crippen molar-refractivity contribution in [2.75, 3.05) is 18.8 Å². The van der Waals surface area contributed by atoms with Gasteiger partial charge >= 0.3 is 0 Å². The summed E-state index contributed by atoms with van der Waals surface area (Å²) in [4.78, 5) is 13.7. The molecule has 5 heteroatoms. The van der Waals surface area contributed by atoms with Crippen molar-refractivity contribution in [2.45, 2.75) is 18.9 Å². The number of nitrogens with zero attached hydrogens (tertiary/aromatic N) is 1. The lowest BCUT2D eigenvalue weighted by molar-refractivity contribution is 0.0546. The molecule has 1 amide bonds. The molecule has 1 heterocycles. The number of phenolic OH excluding ortho intramolecular Hbond substituents is 1. The van der Waals surface area contributed by atoms with Crippen molar-refractivity contribution >= 4 is 11.6 Å². The number of rotatable bonds is 1. The SMILES string of the molecule is Nc1ccc(C(=O)N2CCC(O)CC2)cc1O. The summed E-state index contributed by atoms with van der Waals surface area (Å²) in [5.74, 6) is -0.208. The van der Waals surface area contributed by atoms with E-state index in [4.69, 9.17) is 5.73 Å². The van der Waals surface area contributed by atoms with Gasteiger partial charge in [-0.3, -0.25) is 4.79 Å². The number of hydrogen-bond donors (Lipinski definition) is 3. The zero-order valence-corrected chi connectivity index (χ0v) is 9.47. The van der Waals surface area contributed by atoms with Crippen molar-refractivity contribution in [3.63, 3.8) is 0 Å². The van der Waals surface area contributed by atoms with Crippen LogP contribution in [0.25, 0.3) is 0 Å². The largest absolute Gasteiger partial charge is 0.506 e. The number of carbonyl (C=O) groups excluding carboxylic acids is 1. The number of aromatic hydroxyl groups is 1. The molecule has 92 valence electrons. The maximum Gasteiger partial charge on any atom is 0.253 e. The van der Waals surface area contributed by atoms with E-state index in [0.717, 1.165) is 0 Å². The van der Waals surface area contributed by atoms with Gasteiger partial charge in [-0.25, -0.2) is 0 Å². The standard InChI is InChI=1S/C12H16N2O3/c13-10-2-1-8(7-11(10)16)12(17)14-5-3-9(15)4-6-14/h1-2,7,9,15-16H,3-6,13H2. The molecule has 0 aliphatic carbocycles. The van der Waals surface area contributed by atoms with Gasteiger partial charge in [0.15, 0.2) is 0 Å². The number of likely N-dealkylation sites (tertiary alicyclic amines) is 1. The Morgan fingerprint density at radius 3 is 2.59 bits per heavy atom. The van der Waals surface area contributed by atoms with Gasteiger partial charge in [-0.15, -0.1) is 0 Å². The second-order valence-electron chi connectivity index (χ2n) is 4.30. The van der Waals surface area contributed by atoms with Crippen molar-refractivity contribution in [1.82, 2.24) is 4.90 Å². The highest BCUT2D eigenvalue weighted by Gasteiger charge is 2.22. The third-order valence-corrected chi connectivity index (χ3v) is 3.03. The molecular formula is C12H16N2O3. The molecule has 0 atom stereocenters. The van der Waals surface area contributed by atoms with Gasteiger partial charge in [-0.1, -0.05) is 0 Å². The van der Waals surface area contributed by atoms with Crippen molar-refractivity contribution in [3.05, 3.63) is 23.8 Å². The number of nitrogen functional groups attached to an aromatic ring is 1. The first kappa shape index (κ1) is 11.7. The minimum absolute atomic E-state index is 0.0760. The molecule has 0 aromatic heterocycles. The van der Waals surface area contributed by atoms with Gasteiger partial charge in [0.05, 0.1) is 11.8 Å². The Bertz CT molecular complexity index is 426. The lowest BCUT2D eigenvalue weighted by Gasteiger charge is -2.29. The Labute approximate surface area is 99.5 Å². The van der Waals surface area contributed by atoms with Crippen LogP contribution < -0.4 is 5.73 Å². The van der Waals surface area contributed by atoms with E-state index in [2.05, 4.69) is 0 Å². The zero-order valence-electron chi connectivity index (χ0n) is 9.47. The van der Waals surface area contributed by atoms with Crippen molar-refractivity contribution in [1.29, 1.82) is 0 Å². The van der Waals surface area contributed by atoms with Crippen LogP contribution in [0.5, 0.6) is 5.75 Å². The normalized spacial score (nSPS) is 17.1. The average molecular weight is 236 g/mol. The number of benzene rings is 1. The zero-order chi connectivity index (χ0) is 12.4. The van der Waals surface area contributed by atoms with E-state index in [1.807, 2.05) is 0 Å². The van der Waals surface area contributed by atoms with Crippen molar-refractivity contribution in [2.24, 2.45) is 0 Å². The van der Waals surface area contributed by atoms with E-state index in [1.54, 1.807) is 11.0 Å². The lowest BCUT2D eigenvalue weighted by atomic mass is 10.1. The second-order valence-corrected chi connectivity index (χ2v) is 4.30. The first-order chi connectivity index (χ1) is 8.08. The number of hydrogen-bond acceptors (Lipinski definition) is 4. The smallest absolute Gasteiger partial charge is 0.253 e. The number of anilines is 1. The molecule has 0 unspecified atom stereocenters. The highest BCUT2D eigenvalue weighted by molar-refractivity contribution is 5.95. The van der Waals surface area contributed by atoms with Gasteiger partial charge in [0.2, 0.25) is 0 Å². The molecule has 1 saturated heterocycles. The Kier molecular flexibility index (Phi) is 3.19.